The molecule has 2 heterocycles. The number of nitrogen functional groups attached to an aromatic ring is 1. The van der Waals surface area contributed by atoms with Crippen molar-refractivity contribution in [3.8, 4) is 11.1 Å². The zero-order valence-corrected chi connectivity index (χ0v) is 18.8. The van der Waals surface area contributed by atoms with E-state index in [1.54, 1.807) is 13.3 Å². The Morgan fingerprint density at radius 2 is 1.97 bits per heavy atom. The van der Waals surface area contributed by atoms with E-state index in [-0.39, 0.29) is 32.0 Å². The van der Waals surface area contributed by atoms with Crippen LogP contribution < -0.4 is 10.5 Å². The number of nitrogens with two attached hydrogens (primary N) is 1. The smallest absolute Gasteiger partial charge is 0.263 e. The maximum Gasteiger partial charge on any atom is 0.263 e. The van der Waals surface area contributed by atoms with E-state index < -0.39 is 15.8 Å². The van der Waals surface area contributed by atoms with Crippen molar-refractivity contribution in [2.75, 3.05) is 17.6 Å². The number of ether oxygens (including phenoxy) is 1. The van der Waals surface area contributed by atoms with Crippen LogP contribution >= 0.6 is 23.2 Å². The first-order valence-electron chi connectivity index (χ1n) is 9.09. The quantitative estimate of drug-likeness (QED) is 0.410. The number of halogens is 3. The summed E-state index contributed by atoms with van der Waals surface area (Å²) in [5.74, 6) is -0.533. The zero-order valence-electron chi connectivity index (χ0n) is 16.5. The second kappa shape index (κ2) is 8.55. The topological polar surface area (TPSA) is 112 Å². The van der Waals surface area contributed by atoms with Gasteiger partial charge in [0.15, 0.2) is 5.65 Å². The molecule has 0 aliphatic carbocycles. The fourth-order valence-corrected chi connectivity index (χ4v) is 4.97. The number of anilines is 2. The Labute approximate surface area is 192 Å². The molecular formula is C20H16Cl2FN5O3S. The molecule has 0 unspecified atom stereocenters. The van der Waals surface area contributed by atoms with Gasteiger partial charge in [0.25, 0.3) is 10.0 Å². The third-order valence-corrected chi connectivity index (χ3v) is 7.01. The fraction of sp³-hybridized carbons (Fsp3) is 0.100. The molecule has 2 aromatic heterocycles. The number of nitrogens with one attached hydrogen (secondary N) is 1. The summed E-state index contributed by atoms with van der Waals surface area (Å²) in [7, 11) is -2.55. The summed E-state index contributed by atoms with van der Waals surface area (Å²) in [6.07, 6.45) is 3.00. The Morgan fingerprint density at radius 3 is 2.69 bits per heavy atom. The van der Waals surface area contributed by atoms with Crippen molar-refractivity contribution in [3.05, 3.63) is 70.2 Å². The molecular weight excluding hydrogens is 480 g/mol. The molecule has 0 saturated heterocycles. The van der Waals surface area contributed by atoms with E-state index in [2.05, 4.69) is 14.8 Å². The molecule has 32 heavy (non-hydrogen) atoms. The third kappa shape index (κ3) is 3.97. The van der Waals surface area contributed by atoms with Crippen molar-refractivity contribution in [2.24, 2.45) is 0 Å². The van der Waals surface area contributed by atoms with E-state index in [0.717, 1.165) is 11.6 Å². The number of methoxy groups -OCH3 is 1. The van der Waals surface area contributed by atoms with E-state index >= 15 is 0 Å². The van der Waals surface area contributed by atoms with Crippen LogP contribution in [0.3, 0.4) is 0 Å². The SMILES string of the molecule is COCc1cnn2c(N)c(-c3ccc(NS(=O)(=O)c4cccc(Cl)c4Cl)cc3F)cnc12. The molecule has 0 radical (unpaired) electrons. The molecule has 0 amide bonds. The van der Waals surface area contributed by atoms with Gasteiger partial charge in [-0.1, -0.05) is 29.3 Å². The molecule has 0 aliphatic rings. The van der Waals surface area contributed by atoms with Crippen molar-refractivity contribution in [3.63, 3.8) is 0 Å². The highest BCUT2D eigenvalue weighted by Crippen LogP contribution is 2.33. The van der Waals surface area contributed by atoms with Gasteiger partial charge in [0.05, 0.1) is 28.5 Å². The minimum absolute atomic E-state index is 0.00336. The normalized spacial score (nSPS) is 11.8. The lowest BCUT2D eigenvalue weighted by Crippen LogP contribution is -2.14. The predicted molar refractivity (Wildman–Crippen MR) is 121 cm³/mol. The third-order valence-electron chi connectivity index (χ3n) is 4.65. The molecule has 0 atom stereocenters. The van der Waals surface area contributed by atoms with Crippen molar-refractivity contribution in [1.29, 1.82) is 0 Å². The van der Waals surface area contributed by atoms with E-state index in [1.807, 2.05) is 0 Å². The van der Waals surface area contributed by atoms with Gasteiger partial charge in [-0.15, -0.1) is 0 Å². The Morgan fingerprint density at radius 1 is 1.19 bits per heavy atom. The van der Waals surface area contributed by atoms with Gasteiger partial charge in [-0.2, -0.15) is 9.61 Å². The summed E-state index contributed by atoms with van der Waals surface area (Å²) in [5, 5.41) is 4.14. The van der Waals surface area contributed by atoms with E-state index in [4.69, 9.17) is 33.7 Å². The molecule has 3 N–H and O–H groups in total. The first-order valence-corrected chi connectivity index (χ1v) is 11.3. The molecule has 0 saturated carbocycles. The van der Waals surface area contributed by atoms with Crippen LogP contribution in [0, 0.1) is 5.82 Å². The summed E-state index contributed by atoms with van der Waals surface area (Å²) in [6, 6.07) is 8.04. The molecule has 166 valence electrons. The highest BCUT2D eigenvalue weighted by molar-refractivity contribution is 7.92. The van der Waals surface area contributed by atoms with Crippen molar-refractivity contribution >= 4 is 50.4 Å². The van der Waals surface area contributed by atoms with Crippen LogP contribution in [-0.2, 0) is 21.4 Å². The second-order valence-corrected chi connectivity index (χ2v) is 9.18. The average Bonchev–Trinajstić information content (AvgIpc) is 3.15. The number of benzene rings is 2. The molecule has 8 nitrogen and oxygen atoms in total. The maximum absolute atomic E-state index is 14.9. The van der Waals surface area contributed by atoms with Gasteiger partial charge in [0.2, 0.25) is 0 Å². The van der Waals surface area contributed by atoms with Gasteiger partial charge in [-0.3, -0.25) is 4.72 Å². The molecule has 0 fully saturated rings. The van der Waals surface area contributed by atoms with Gasteiger partial charge in [-0.05, 0) is 30.3 Å². The van der Waals surface area contributed by atoms with E-state index in [0.29, 0.717) is 17.8 Å². The number of hydrogen-bond donors (Lipinski definition) is 2. The van der Waals surface area contributed by atoms with E-state index in [9.17, 15) is 12.8 Å². The largest absolute Gasteiger partial charge is 0.383 e. The lowest BCUT2D eigenvalue weighted by Gasteiger charge is -2.12. The Hall–Kier alpha value is -2.92. The minimum atomic E-state index is -4.10. The summed E-state index contributed by atoms with van der Waals surface area (Å²) >= 11 is 11.9. The molecule has 2 aromatic carbocycles. The Balaban J connectivity index is 1.68. The highest BCUT2D eigenvalue weighted by atomic mass is 35.5. The first kappa shape index (κ1) is 22.3. The van der Waals surface area contributed by atoms with Crippen LogP contribution in [0.25, 0.3) is 16.8 Å². The lowest BCUT2D eigenvalue weighted by atomic mass is 10.1. The summed E-state index contributed by atoms with van der Waals surface area (Å²) in [6.45, 7) is 0.301. The molecule has 4 rings (SSSR count). The molecule has 4 aromatic rings. The first-order chi connectivity index (χ1) is 15.2. The number of sulfonamides is 1. The number of hydrogen-bond acceptors (Lipinski definition) is 6. The molecule has 0 bridgehead atoms. The Bertz CT molecular complexity index is 1440. The van der Waals surface area contributed by atoms with Crippen LogP contribution in [0.2, 0.25) is 10.0 Å². The highest BCUT2D eigenvalue weighted by Gasteiger charge is 2.21. The average molecular weight is 496 g/mol. The Kier molecular flexibility index (Phi) is 5.95. The van der Waals surface area contributed by atoms with Crippen molar-refractivity contribution in [2.45, 2.75) is 11.5 Å². The van der Waals surface area contributed by atoms with Gasteiger partial charge < -0.3 is 10.5 Å². The van der Waals surface area contributed by atoms with Crippen molar-refractivity contribution in [1.82, 2.24) is 14.6 Å². The summed E-state index contributed by atoms with van der Waals surface area (Å²) in [4.78, 5) is 4.09. The van der Waals surface area contributed by atoms with Crippen LogP contribution in [0.15, 0.2) is 53.7 Å². The van der Waals surface area contributed by atoms with Crippen LogP contribution in [-0.4, -0.2) is 30.1 Å². The number of rotatable bonds is 6. The minimum Gasteiger partial charge on any atom is -0.383 e. The van der Waals surface area contributed by atoms with Gasteiger partial charge >= 0.3 is 0 Å². The van der Waals surface area contributed by atoms with Crippen LogP contribution in [0.1, 0.15) is 5.56 Å². The molecule has 0 aliphatic heterocycles. The van der Waals surface area contributed by atoms with Crippen LogP contribution in [0.5, 0.6) is 0 Å². The molecule has 12 heteroatoms. The predicted octanol–water partition coefficient (Wildman–Crippen LogP) is 4.37. The molecule has 0 spiro atoms. The maximum atomic E-state index is 14.9. The van der Waals surface area contributed by atoms with Gasteiger partial charge in [0.1, 0.15) is 16.5 Å². The second-order valence-electron chi connectivity index (χ2n) is 6.75. The van der Waals surface area contributed by atoms with Crippen molar-refractivity contribution < 1.29 is 17.5 Å². The van der Waals surface area contributed by atoms with Gasteiger partial charge in [0, 0.05) is 30.0 Å². The zero-order chi connectivity index (χ0) is 23.0. The van der Waals surface area contributed by atoms with Gasteiger partial charge in [-0.25, -0.2) is 17.8 Å². The number of nitrogens with zero attached hydrogens (tertiary/aromatic N) is 3. The lowest BCUT2D eigenvalue weighted by molar-refractivity contribution is 0.186. The summed E-state index contributed by atoms with van der Waals surface area (Å²) in [5.41, 5.74) is 7.85. The van der Waals surface area contributed by atoms with E-state index in [1.165, 1.54) is 41.0 Å². The number of aromatic nitrogens is 3. The summed E-state index contributed by atoms with van der Waals surface area (Å²) < 4.78 is 49.1. The number of fused-ring (bicyclic) bond motifs is 1. The van der Waals surface area contributed by atoms with Crippen LogP contribution in [0.4, 0.5) is 15.9 Å². The fourth-order valence-electron chi connectivity index (χ4n) is 3.16. The standard InChI is InChI=1S/C20H16Cl2FN5O3S/c1-31-10-11-8-26-28-19(24)14(9-25-20(11)28)13-6-5-12(7-16(13)23)27-32(29,30)17-4-2-3-15(21)18(17)22/h2-9,27H,10,24H2,1H3. The monoisotopic (exact) mass is 495 g/mol.